The Kier molecular flexibility index (Phi) is 5.43. The summed E-state index contributed by atoms with van der Waals surface area (Å²) in [6, 6.07) is 5.05. The van der Waals surface area contributed by atoms with Crippen molar-refractivity contribution in [3.05, 3.63) is 59.0 Å². The van der Waals surface area contributed by atoms with Gasteiger partial charge in [0.2, 0.25) is 5.71 Å². The maximum atomic E-state index is 9.75. The Bertz CT molecular complexity index is 1490. The number of piperidine rings is 1. The van der Waals surface area contributed by atoms with Crippen molar-refractivity contribution >= 4 is 29.3 Å². The van der Waals surface area contributed by atoms with Gasteiger partial charge in [0, 0.05) is 27.9 Å². The van der Waals surface area contributed by atoms with Gasteiger partial charge in [-0.3, -0.25) is 9.26 Å². The Morgan fingerprint density at radius 3 is 2.83 bits per heavy atom. The smallest absolute Gasteiger partial charge is 0.282 e. The van der Waals surface area contributed by atoms with E-state index in [-0.39, 0.29) is 6.04 Å². The van der Waals surface area contributed by atoms with Gasteiger partial charge in [-0.15, -0.1) is 0 Å². The third-order valence-corrected chi connectivity index (χ3v) is 8.29. The van der Waals surface area contributed by atoms with E-state index in [4.69, 9.17) is 5.10 Å². The molecule has 176 valence electrons. The van der Waals surface area contributed by atoms with Crippen LogP contribution in [0.25, 0.3) is 16.6 Å². The van der Waals surface area contributed by atoms with E-state index < -0.39 is 0 Å². The first-order valence-electron chi connectivity index (χ1n) is 11.9. The van der Waals surface area contributed by atoms with Gasteiger partial charge in [0.25, 0.3) is 6.34 Å². The Labute approximate surface area is 208 Å². The Morgan fingerprint density at radius 2 is 2.03 bits per heavy atom. The zero-order valence-corrected chi connectivity index (χ0v) is 20.9. The predicted molar refractivity (Wildman–Crippen MR) is 138 cm³/mol. The molecule has 0 bridgehead atoms. The first kappa shape index (κ1) is 22.0. The number of nitriles is 1. The lowest BCUT2D eigenvalue weighted by Gasteiger charge is -2.29. The van der Waals surface area contributed by atoms with E-state index in [0.717, 1.165) is 58.1 Å². The number of aliphatic imine (C=N–C) groups is 1. The molecule has 0 N–H and O–H groups in total. The van der Waals surface area contributed by atoms with Crippen LogP contribution in [0, 0.1) is 18.3 Å². The molecular formula is C26H27N8S+. The minimum absolute atomic E-state index is 0.150. The number of hydrogen-bond donors (Lipinski definition) is 0. The van der Waals surface area contributed by atoms with Gasteiger partial charge in [0.1, 0.15) is 6.07 Å². The highest BCUT2D eigenvalue weighted by Gasteiger charge is 2.33. The van der Waals surface area contributed by atoms with Crippen LogP contribution in [-0.2, 0) is 0 Å². The van der Waals surface area contributed by atoms with E-state index >= 15 is 0 Å². The maximum Gasteiger partial charge on any atom is 0.282 e. The number of fused-ring (bicyclic) bond motifs is 2. The van der Waals surface area contributed by atoms with Crippen LogP contribution in [0.4, 0.5) is 0 Å². The summed E-state index contributed by atoms with van der Waals surface area (Å²) in [4.78, 5) is 9.10. The van der Waals surface area contributed by atoms with Gasteiger partial charge < -0.3 is 4.90 Å². The lowest BCUT2D eigenvalue weighted by molar-refractivity contribution is -0.499. The zero-order valence-electron chi connectivity index (χ0n) is 20.1. The molecule has 3 aromatic rings. The second-order valence-electron chi connectivity index (χ2n) is 9.44. The summed E-state index contributed by atoms with van der Waals surface area (Å²) in [7, 11) is 4.21. The molecule has 1 atom stereocenters. The monoisotopic (exact) mass is 483 g/mol. The molecule has 6 rings (SSSR count). The number of likely N-dealkylation sites (N-methyl/N-ethyl adjacent to an activating group) is 1. The van der Waals surface area contributed by atoms with Gasteiger partial charge in [0.05, 0.1) is 41.5 Å². The fourth-order valence-corrected chi connectivity index (χ4v) is 6.32. The van der Waals surface area contributed by atoms with Crippen molar-refractivity contribution in [2.75, 3.05) is 27.2 Å². The van der Waals surface area contributed by atoms with Crippen LogP contribution in [0.1, 0.15) is 30.1 Å². The van der Waals surface area contributed by atoms with Crippen molar-refractivity contribution in [2.45, 2.75) is 36.7 Å². The molecule has 1 aliphatic carbocycles. The third kappa shape index (κ3) is 3.74. The quantitative estimate of drug-likeness (QED) is 0.529. The average molecular weight is 484 g/mol. The van der Waals surface area contributed by atoms with Crippen LogP contribution in [0.3, 0.4) is 0 Å². The first-order chi connectivity index (χ1) is 17.0. The Morgan fingerprint density at radius 1 is 1.20 bits per heavy atom. The molecule has 3 aliphatic rings. The molecule has 3 aromatic heterocycles. The topological polar surface area (TPSA) is 77.5 Å². The zero-order chi connectivity index (χ0) is 24.1. The molecule has 2 aliphatic heterocycles. The number of pyridine rings is 1. The van der Waals surface area contributed by atoms with Crippen molar-refractivity contribution in [3.63, 3.8) is 0 Å². The SMILES string of the molecule is Cc1c(-c2cc(SC3=CC=CC4C3=NC=[N+]4C)c3c(C#N)cnn3c2)cnn1C1CCN(C)CC1. The van der Waals surface area contributed by atoms with Crippen molar-refractivity contribution in [1.82, 2.24) is 24.3 Å². The summed E-state index contributed by atoms with van der Waals surface area (Å²) in [6.07, 6.45) is 16.1. The Hall–Kier alpha value is -3.48. The largest absolute Gasteiger partial charge is 0.306 e. The molecule has 0 radical (unpaired) electrons. The van der Waals surface area contributed by atoms with E-state index in [1.165, 1.54) is 5.69 Å². The van der Waals surface area contributed by atoms with E-state index in [9.17, 15) is 5.26 Å². The fraction of sp³-hybridized carbons (Fsp3) is 0.346. The second kappa shape index (κ2) is 8.63. The Balaban J connectivity index is 1.40. The summed E-state index contributed by atoms with van der Waals surface area (Å²) in [5.41, 5.74) is 5.74. The van der Waals surface area contributed by atoms with Crippen LogP contribution in [0.2, 0.25) is 0 Å². The summed E-state index contributed by atoms with van der Waals surface area (Å²) in [5, 5.41) is 19.1. The molecule has 0 spiro atoms. The summed E-state index contributed by atoms with van der Waals surface area (Å²) >= 11 is 1.64. The minimum Gasteiger partial charge on any atom is -0.306 e. The van der Waals surface area contributed by atoms with Crippen LogP contribution in [0.15, 0.2) is 57.7 Å². The molecule has 1 saturated heterocycles. The molecule has 8 nitrogen and oxygen atoms in total. The highest BCUT2D eigenvalue weighted by molar-refractivity contribution is 8.04. The van der Waals surface area contributed by atoms with Gasteiger partial charge in [-0.2, -0.15) is 15.5 Å². The molecular weight excluding hydrogens is 456 g/mol. The lowest BCUT2D eigenvalue weighted by atomic mass is 10.0. The van der Waals surface area contributed by atoms with Crippen molar-refractivity contribution < 1.29 is 4.58 Å². The average Bonchev–Trinajstić information content (AvgIpc) is 3.57. The summed E-state index contributed by atoms with van der Waals surface area (Å²) in [5.74, 6) is 0. The van der Waals surface area contributed by atoms with E-state index in [1.54, 1.807) is 18.0 Å². The van der Waals surface area contributed by atoms with Crippen LogP contribution in [0.5, 0.6) is 0 Å². The van der Waals surface area contributed by atoms with Crippen LogP contribution in [-0.4, -0.2) is 74.1 Å². The number of aromatic nitrogens is 4. The van der Waals surface area contributed by atoms with Crippen molar-refractivity contribution in [2.24, 2.45) is 4.99 Å². The van der Waals surface area contributed by atoms with Crippen molar-refractivity contribution in [3.8, 4) is 17.2 Å². The molecule has 0 saturated carbocycles. The number of hydrogen-bond acceptors (Lipinski definition) is 6. The normalized spacial score (nSPS) is 20.5. The predicted octanol–water partition coefficient (Wildman–Crippen LogP) is 3.68. The molecule has 0 amide bonds. The van der Waals surface area contributed by atoms with Gasteiger partial charge in [-0.05, 0) is 63.1 Å². The molecule has 1 unspecified atom stereocenters. The highest BCUT2D eigenvalue weighted by atomic mass is 32.2. The van der Waals surface area contributed by atoms with E-state index in [2.05, 4.69) is 68.6 Å². The van der Waals surface area contributed by atoms with Crippen molar-refractivity contribution in [1.29, 1.82) is 5.26 Å². The first-order valence-corrected chi connectivity index (χ1v) is 12.7. The lowest BCUT2D eigenvalue weighted by Crippen LogP contribution is -2.32. The minimum atomic E-state index is 0.150. The van der Waals surface area contributed by atoms with E-state index in [0.29, 0.717) is 11.6 Å². The van der Waals surface area contributed by atoms with Gasteiger partial charge in [-0.25, -0.2) is 4.52 Å². The van der Waals surface area contributed by atoms with Crippen LogP contribution < -0.4 is 0 Å². The fourth-order valence-electron chi connectivity index (χ4n) is 5.17. The maximum absolute atomic E-state index is 9.75. The molecule has 9 heteroatoms. The summed E-state index contributed by atoms with van der Waals surface area (Å²) < 4.78 is 6.13. The standard InChI is InChI=1S/C26H27N8S/c1-17-21(14-30-34(17)20-7-9-31(2)10-8-20)18-11-24(26-19(12-27)13-29-33(26)15-18)35-23-6-4-5-22-25(23)28-16-32(22)3/h4-6,11,13-16,20,22H,7-10H2,1-3H3/q+1. The number of nitrogens with zero attached hydrogens (tertiary/aromatic N) is 8. The van der Waals surface area contributed by atoms with Crippen LogP contribution >= 0.6 is 11.8 Å². The third-order valence-electron chi connectivity index (χ3n) is 7.20. The number of allylic oxidation sites excluding steroid dienone is 2. The number of thioether (sulfide) groups is 1. The molecule has 5 heterocycles. The number of likely N-dealkylation sites (tertiary alicyclic amines) is 1. The van der Waals surface area contributed by atoms with Gasteiger partial charge in [0.15, 0.2) is 6.04 Å². The molecule has 1 fully saturated rings. The van der Waals surface area contributed by atoms with Gasteiger partial charge in [-0.1, -0.05) is 17.8 Å². The summed E-state index contributed by atoms with van der Waals surface area (Å²) in [6.45, 7) is 4.34. The molecule has 0 aromatic carbocycles. The number of rotatable bonds is 4. The second-order valence-corrected chi connectivity index (χ2v) is 10.5. The molecule has 35 heavy (non-hydrogen) atoms. The van der Waals surface area contributed by atoms with Gasteiger partial charge >= 0.3 is 0 Å². The highest BCUT2D eigenvalue weighted by Crippen LogP contribution is 2.39. The van der Waals surface area contributed by atoms with E-state index in [1.807, 2.05) is 30.3 Å².